The van der Waals surface area contributed by atoms with Crippen LogP contribution in [-0.4, -0.2) is 0 Å². The Morgan fingerprint density at radius 3 is 2.64 bits per heavy atom. The normalized spacial score (nSPS) is 36.5. The van der Waals surface area contributed by atoms with E-state index in [1.807, 2.05) is 0 Å². The summed E-state index contributed by atoms with van der Waals surface area (Å²) in [6.45, 7) is 2.37. The number of allylic oxidation sites excluding steroid dienone is 4. The molecule has 0 aliphatic heterocycles. The van der Waals surface area contributed by atoms with Crippen molar-refractivity contribution in [1.82, 2.24) is 0 Å². The van der Waals surface area contributed by atoms with Crippen molar-refractivity contribution >= 4 is 0 Å². The third-order valence-electron chi connectivity index (χ3n) is 3.60. The molecule has 0 amide bonds. The second kappa shape index (κ2) is 5.38. The van der Waals surface area contributed by atoms with E-state index in [0.29, 0.717) is 0 Å². The highest BCUT2D eigenvalue weighted by Crippen LogP contribution is 2.36. The maximum absolute atomic E-state index is 2.47. The minimum Gasteiger partial charge on any atom is -0.0882 e. The lowest BCUT2D eigenvalue weighted by Crippen LogP contribution is -2.22. The van der Waals surface area contributed by atoms with E-state index in [0.717, 1.165) is 17.8 Å². The lowest BCUT2D eigenvalue weighted by Gasteiger charge is -2.32. The summed E-state index contributed by atoms with van der Waals surface area (Å²) in [7, 11) is 0. The van der Waals surface area contributed by atoms with E-state index in [1.54, 1.807) is 0 Å². The average molecular weight is 192 g/mol. The van der Waals surface area contributed by atoms with Gasteiger partial charge in [0.1, 0.15) is 0 Å². The summed E-state index contributed by atoms with van der Waals surface area (Å²) in [5, 5.41) is 0. The van der Waals surface area contributed by atoms with Crippen LogP contribution in [0, 0.1) is 17.8 Å². The molecule has 2 aliphatic carbocycles. The van der Waals surface area contributed by atoms with Gasteiger partial charge in [-0.2, -0.15) is 0 Å². The summed E-state index contributed by atoms with van der Waals surface area (Å²) in [6, 6.07) is 0. The molecule has 0 spiro atoms. The molecule has 0 saturated carbocycles. The lowest BCUT2D eigenvalue weighted by molar-refractivity contribution is 0.276. The Morgan fingerprint density at radius 1 is 1.00 bits per heavy atom. The van der Waals surface area contributed by atoms with Crippen molar-refractivity contribution in [1.29, 1.82) is 0 Å². The zero-order valence-electron chi connectivity index (χ0n) is 8.58. The second-order valence-corrected chi connectivity index (χ2v) is 4.56. The van der Waals surface area contributed by atoms with Crippen molar-refractivity contribution in [3.05, 3.63) is 24.3 Å². The van der Waals surface area contributed by atoms with Gasteiger partial charge in [0, 0.05) is 0 Å². The van der Waals surface area contributed by atoms with Crippen molar-refractivity contribution < 1.29 is 0 Å². The molecule has 0 radical (unpaired) electrons. The summed E-state index contributed by atoms with van der Waals surface area (Å²) >= 11 is 0. The van der Waals surface area contributed by atoms with Gasteiger partial charge >= 0.3 is 0 Å². The molecule has 0 N–H and O–H groups in total. The van der Waals surface area contributed by atoms with Crippen LogP contribution in [0.3, 0.4) is 0 Å². The van der Waals surface area contributed by atoms with E-state index in [2.05, 4.69) is 31.2 Å². The molecule has 80 valence electrons. The maximum atomic E-state index is 2.47. The van der Waals surface area contributed by atoms with Crippen molar-refractivity contribution in [2.24, 2.45) is 17.8 Å². The Bertz CT molecular complexity index is 212. The van der Waals surface area contributed by atoms with Crippen LogP contribution in [-0.2, 0) is 0 Å². The third-order valence-corrected chi connectivity index (χ3v) is 3.60. The maximum Gasteiger partial charge on any atom is -0.0145 e. The quantitative estimate of drug-likeness (QED) is 0.493. The molecule has 0 aromatic carbocycles. The molecule has 0 aromatic rings. The zero-order chi connectivity index (χ0) is 9.10. The molecule has 0 saturated heterocycles. The van der Waals surface area contributed by atoms with Crippen LogP contribution in [0.2, 0.25) is 0 Å². The molecule has 0 heteroatoms. The summed E-state index contributed by atoms with van der Waals surface area (Å²) in [5.74, 6) is 2.58. The molecular formula is C14H24. The molecule has 0 bridgehead atoms. The molecule has 0 nitrogen and oxygen atoms in total. The molecule has 0 aromatic heterocycles. The largest absolute Gasteiger partial charge is 0.0882 e. The molecule has 14 heavy (non-hydrogen) atoms. The van der Waals surface area contributed by atoms with Gasteiger partial charge in [-0.25, -0.2) is 0 Å². The van der Waals surface area contributed by atoms with Crippen molar-refractivity contribution in [2.45, 2.75) is 46.5 Å². The fourth-order valence-corrected chi connectivity index (χ4v) is 2.79. The standard InChI is InChI=1S/C13H20.CH4/c1-11-7-3-2-4-8-12-9-5-6-10-13(11)12;/h3,6-7,10-13H,2,4-5,8-9H2,1H3;1H4. The van der Waals surface area contributed by atoms with Crippen LogP contribution in [0.1, 0.15) is 46.5 Å². The Morgan fingerprint density at radius 2 is 1.79 bits per heavy atom. The Labute approximate surface area is 89.1 Å². The van der Waals surface area contributed by atoms with Crippen LogP contribution >= 0.6 is 0 Å². The first kappa shape index (κ1) is 11.6. The van der Waals surface area contributed by atoms with E-state index >= 15 is 0 Å². The Kier molecular flexibility index (Phi) is 4.44. The van der Waals surface area contributed by atoms with Gasteiger partial charge in [-0.15, -0.1) is 0 Å². The van der Waals surface area contributed by atoms with E-state index in [1.165, 1.54) is 32.1 Å². The summed E-state index contributed by atoms with van der Waals surface area (Å²) in [4.78, 5) is 0. The predicted molar refractivity (Wildman–Crippen MR) is 64.2 cm³/mol. The van der Waals surface area contributed by atoms with E-state index < -0.39 is 0 Å². The average Bonchev–Trinajstić information content (AvgIpc) is 2.14. The Hall–Kier alpha value is -0.520. The van der Waals surface area contributed by atoms with Crippen LogP contribution in [0.4, 0.5) is 0 Å². The summed E-state index contributed by atoms with van der Waals surface area (Å²) < 4.78 is 0. The molecule has 3 atom stereocenters. The van der Waals surface area contributed by atoms with Crippen LogP contribution in [0.15, 0.2) is 24.3 Å². The fourth-order valence-electron chi connectivity index (χ4n) is 2.79. The number of hydrogen-bond donors (Lipinski definition) is 0. The molecule has 2 aliphatic rings. The van der Waals surface area contributed by atoms with Crippen molar-refractivity contribution in [3.8, 4) is 0 Å². The van der Waals surface area contributed by atoms with E-state index in [9.17, 15) is 0 Å². The first-order chi connectivity index (χ1) is 6.38. The summed E-state index contributed by atoms with van der Waals surface area (Å²) in [6.07, 6.45) is 16.5. The third kappa shape index (κ3) is 2.50. The SMILES string of the molecule is C.CC1C=CCCCC2CCC=CC12. The van der Waals surface area contributed by atoms with Crippen LogP contribution in [0.5, 0.6) is 0 Å². The van der Waals surface area contributed by atoms with Gasteiger partial charge in [0.25, 0.3) is 0 Å². The minimum absolute atomic E-state index is 0. The van der Waals surface area contributed by atoms with Crippen molar-refractivity contribution in [2.75, 3.05) is 0 Å². The van der Waals surface area contributed by atoms with Gasteiger partial charge in [-0.05, 0) is 49.9 Å². The summed E-state index contributed by atoms with van der Waals surface area (Å²) in [5.41, 5.74) is 0. The van der Waals surface area contributed by atoms with Gasteiger partial charge < -0.3 is 0 Å². The smallest absolute Gasteiger partial charge is 0.0145 e. The topological polar surface area (TPSA) is 0 Å². The first-order valence-corrected chi connectivity index (χ1v) is 5.71. The molecule has 0 fully saturated rings. The van der Waals surface area contributed by atoms with E-state index in [4.69, 9.17) is 0 Å². The highest BCUT2D eigenvalue weighted by Gasteiger charge is 2.25. The monoisotopic (exact) mass is 192 g/mol. The second-order valence-electron chi connectivity index (χ2n) is 4.56. The molecule has 0 heterocycles. The van der Waals surface area contributed by atoms with Gasteiger partial charge in [0.05, 0.1) is 0 Å². The Balaban J connectivity index is 0.000000980. The highest BCUT2D eigenvalue weighted by atomic mass is 14.3. The molecular weight excluding hydrogens is 168 g/mol. The zero-order valence-corrected chi connectivity index (χ0v) is 8.58. The van der Waals surface area contributed by atoms with Gasteiger partial charge in [0.2, 0.25) is 0 Å². The fraction of sp³-hybridized carbons (Fsp3) is 0.714. The minimum atomic E-state index is 0. The van der Waals surface area contributed by atoms with Crippen LogP contribution in [0.25, 0.3) is 0 Å². The number of hydrogen-bond acceptors (Lipinski definition) is 0. The van der Waals surface area contributed by atoms with Gasteiger partial charge in [-0.1, -0.05) is 38.7 Å². The highest BCUT2D eigenvalue weighted by molar-refractivity contribution is 5.04. The van der Waals surface area contributed by atoms with E-state index in [-0.39, 0.29) is 7.43 Å². The molecule has 2 rings (SSSR count). The van der Waals surface area contributed by atoms with Crippen molar-refractivity contribution in [3.63, 3.8) is 0 Å². The predicted octanol–water partition coefficient (Wildman–Crippen LogP) is 4.58. The van der Waals surface area contributed by atoms with Gasteiger partial charge in [0.15, 0.2) is 0 Å². The van der Waals surface area contributed by atoms with Crippen LogP contribution < -0.4 is 0 Å². The van der Waals surface area contributed by atoms with Gasteiger partial charge in [-0.3, -0.25) is 0 Å². The molecule has 3 unspecified atom stereocenters. The lowest BCUT2D eigenvalue weighted by atomic mass is 9.73. The number of rotatable bonds is 0. The first-order valence-electron chi connectivity index (χ1n) is 5.71. The number of fused-ring (bicyclic) bond motifs is 1.